The predicted molar refractivity (Wildman–Crippen MR) is 47.7 cm³/mol. The van der Waals surface area contributed by atoms with Crippen LogP contribution in [-0.4, -0.2) is 48.3 Å². The number of rotatable bonds is 1. The van der Waals surface area contributed by atoms with Crippen LogP contribution in [-0.2, 0) is 10.1 Å². The molecule has 82 valence electrons. The highest BCUT2D eigenvalue weighted by Crippen LogP contribution is 1.95. The summed E-state index contributed by atoms with van der Waals surface area (Å²) in [6.07, 6.45) is 0.715. The zero-order chi connectivity index (χ0) is 11.4. The fourth-order valence-electron chi connectivity index (χ4n) is 0.621. The monoisotopic (exact) mass is 226 g/mol. The quantitative estimate of drug-likeness (QED) is 0.309. The van der Waals surface area contributed by atoms with Gasteiger partial charge in [-0.15, -0.1) is 0 Å². The molecule has 0 unspecified atom stereocenters. The van der Waals surface area contributed by atoms with Crippen LogP contribution in [0.1, 0.15) is 0 Å². The Kier molecular flexibility index (Phi) is 4.24. The van der Waals surface area contributed by atoms with Crippen LogP contribution in [0.4, 0.5) is 0 Å². The molecule has 0 aliphatic carbocycles. The van der Waals surface area contributed by atoms with Gasteiger partial charge in [0.1, 0.15) is 6.54 Å². The molecule has 0 fully saturated rings. The highest BCUT2D eigenvalue weighted by molar-refractivity contribution is 7.85. The van der Waals surface area contributed by atoms with Crippen LogP contribution < -0.4 is 5.73 Å². The number of hydrogen-bond donors (Lipinski definition) is 2. The minimum atomic E-state index is -3.67. The first-order valence-electron chi connectivity index (χ1n) is 3.36. The van der Waals surface area contributed by atoms with Gasteiger partial charge in [0, 0.05) is 0 Å². The van der Waals surface area contributed by atoms with Crippen molar-refractivity contribution in [1.29, 1.82) is 0 Å². The van der Waals surface area contributed by atoms with Crippen molar-refractivity contribution in [2.45, 2.75) is 0 Å². The maximum Gasteiger partial charge on any atom is 0.261 e. The van der Waals surface area contributed by atoms with Gasteiger partial charge >= 0.3 is 0 Å². The van der Waals surface area contributed by atoms with Crippen molar-refractivity contribution in [3.8, 4) is 0 Å². The minimum absolute atomic E-state index is 0.000000000000000444. The summed E-state index contributed by atoms with van der Waals surface area (Å²) in [7, 11) is -3.67. The zero-order valence-corrected chi connectivity index (χ0v) is 8.14. The normalized spacial score (nSPS) is 15.6. The van der Waals surface area contributed by atoms with Crippen LogP contribution in [0.2, 0.25) is 0 Å². The first kappa shape index (κ1) is 12.6. The van der Waals surface area contributed by atoms with Gasteiger partial charge in [-0.3, -0.25) is 4.55 Å². The molecule has 0 amide bonds. The van der Waals surface area contributed by atoms with Crippen LogP contribution in [0.5, 0.6) is 0 Å². The molecule has 0 bridgehead atoms. The zero-order valence-electron chi connectivity index (χ0n) is 7.32. The lowest BCUT2D eigenvalue weighted by Gasteiger charge is -2.02. The van der Waals surface area contributed by atoms with E-state index < -0.39 is 15.2 Å². The fourth-order valence-corrected chi connectivity index (χ4v) is 0.621. The summed E-state index contributed by atoms with van der Waals surface area (Å²) < 4.78 is 25.9. The summed E-state index contributed by atoms with van der Waals surface area (Å²) in [6.45, 7) is 0.714. The van der Waals surface area contributed by atoms with E-state index in [2.05, 4.69) is 4.99 Å². The Morgan fingerprint density at radius 2 is 2.14 bits per heavy atom. The third-order valence-corrected chi connectivity index (χ3v) is 1.05. The molecule has 0 saturated carbocycles. The van der Waals surface area contributed by atoms with Crippen molar-refractivity contribution < 1.29 is 18.0 Å². The third-order valence-electron chi connectivity index (χ3n) is 1.05. The van der Waals surface area contributed by atoms with E-state index in [9.17, 15) is 18.5 Å². The molecule has 0 spiro atoms. The van der Waals surface area contributed by atoms with Crippen molar-refractivity contribution in [3.05, 3.63) is 10.1 Å². The predicted octanol–water partition coefficient (Wildman–Crippen LogP) is -1.69. The summed E-state index contributed by atoms with van der Waals surface area (Å²) in [4.78, 5) is 13.6. The molecular weight excluding hydrogens is 216 g/mol. The number of nitrogens with zero attached hydrogens (tertiary/aromatic N) is 3. The van der Waals surface area contributed by atoms with Crippen LogP contribution in [0.3, 0.4) is 0 Å². The lowest BCUT2D eigenvalue weighted by molar-refractivity contribution is -0.627. The average molecular weight is 226 g/mol. The summed E-state index contributed by atoms with van der Waals surface area (Å²) in [5.74, 6) is 0.000000000000000444. The Balaban J connectivity index is 0.000000292. The van der Waals surface area contributed by atoms with E-state index in [1.54, 1.807) is 0 Å². The molecule has 1 aliphatic rings. The lowest BCUT2D eigenvalue weighted by Crippen LogP contribution is -2.38. The topological polar surface area (TPSA) is 139 Å². The Labute approximate surface area is 80.1 Å². The van der Waals surface area contributed by atoms with Gasteiger partial charge in [0.2, 0.25) is 0 Å². The molecule has 0 radical (unpaired) electrons. The number of hydrogen-bond acceptors (Lipinski definition) is 6. The highest BCUT2D eigenvalue weighted by atomic mass is 32.2. The molecular formula is C4H10N4O5S. The van der Waals surface area contributed by atoms with E-state index in [0.717, 1.165) is 5.01 Å². The molecule has 3 N–H and O–H groups in total. The number of hydrazine groups is 1. The molecule has 9 nitrogen and oxygen atoms in total. The Hall–Kier alpha value is -1.42. The summed E-state index contributed by atoms with van der Waals surface area (Å²) in [6, 6.07) is 0. The maximum atomic E-state index is 9.98. The molecule has 1 aliphatic heterocycles. The molecule has 10 heteroatoms. The van der Waals surface area contributed by atoms with E-state index in [1.165, 1.54) is 0 Å². The fraction of sp³-hybridized carbons (Fsp3) is 0.750. The molecule has 1 rings (SSSR count). The van der Waals surface area contributed by atoms with Crippen LogP contribution in [0.25, 0.3) is 0 Å². The molecule has 0 aromatic heterocycles. The Morgan fingerprint density at radius 3 is 2.29 bits per heavy atom. The summed E-state index contributed by atoms with van der Waals surface area (Å²) in [5.41, 5.74) is 5.11. The second-order valence-corrected chi connectivity index (χ2v) is 3.80. The van der Waals surface area contributed by atoms with Crippen molar-refractivity contribution >= 4 is 16.1 Å². The second kappa shape index (κ2) is 4.72. The lowest BCUT2D eigenvalue weighted by atomic mass is 10.7. The number of nitro groups is 1. The van der Waals surface area contributed by atoms with Gasteiger partial charge in [0.05, 0.1) is 12.8 Å². The molecule has 1 heterocycles. The van der Waals surface area contributed by atoms with Crippen LogP contribution in [0.15, 0.2) is 4.99 Å². The third kappa shape index (κ3) is 6.14. The Bertz CT molecular complexity index is 328. The molecule has 14 heavy (non-hydrogen) atoms. The SMILES string of the molecule is CS(=O)(=O)O.NC1=NCCN1[N+](=O)[O-]. The van der Waals surface area contributed by atoms with Crippen molar-refractivity contribution in [1.82, 2.24) is 5.01 Å². The van der Waals surface area contributed by atoms with Gasteiger partial charge in [0.15, 0.2) is 5.03 Å². The standard InChI is InChI=1S/C3H6N4O2.CH4O3S/c4-3-5-1-2-6(3)7(8)9;1-5(2,3)4/h1-2H2,(H2,4,5);1H3,(H,2,3,4). The van der Waals surface area contributed by atoms with E-state index in [1.807, 2.05) is 0 Å². The Morgan fingerprint density at radius 1 is 1.71 bits per heavy atom. The van der Waals surface area contributed by atoms with Gasteiger partial charge < -0.3 is 5.73 Å². The van der Waals surface area contributed by atoms with Gasteiger partial charge in [-0.25, -0.2) is 15.1 Å². The van der Waals surface area contributed by atoms with E-state index in [-0.39, 0.29) is 5.96 Å². The highest BCUT2D eigenvalue weighted by Gasteiger charge is 2.22. The molecule has 0 atom stereocenters. The first-order valence-corrected chi connectivity index (χ1v) is 5.21. The number of guanidine groups is 1. The summed E-state index contributed by atoms with van der Waals surface area (Å²) in [5, 5.41) is 10.2. The van der Waals surface area contributed by atoms with Crippen LogP contribution >= 0.6 is 0 Å². The van der Waals surface area contributed by atoms with Crippen molar-refractivity contribution in [2.75, 3.05) is 19.3 Å². The van der Waals surface area contributed by atoms with Gasteiger partial charge in [-0.1, -0.05) is 5.01 Å². The van der Waals surface area contributed by atoms with Gasteiger partial charge in [-0.2, -0.15) is 8.42 Å². The van der Waals surface area contributed by atoms with E-state index in [4.69, 9.17) is 10.3 Å². The largest absolute Gasteiger partial charge is 0.365 e. The van der Waals surface area contributed by atoms with E-state index in [0.29, 0.717) is 19.3 Å². The van der Waals surface area contributed by atoms with Gasteiger partial charge in [-0.05, 0) is 0 Å². The van der Waals surface area contributed by atoms with Crippen LogP contribution in [0, 0.1) is 10.1 Å². The second-order valence-electron chi connectivity index (χ2n) is 2.33. The maximum absolute atomic E-state index is 9.98. The van der Waals surface area contributed by atoms with Crippen molar-refractivity contribution in [3.63, 3.8) is 0 Å². The van der Waals surface area contributed by atoms with E-state index >= 15 is 0 Å². The first-order chi connectivity index (χ1) is 6.22. The molecule has 0 aromatic rings. The minimum Gasteiger partial charge on any atom is -0.365 e. The molecule has 0 aromatic carbocycles. The smallest absolute Gasteiger partial charge is 0.261 e. The number of nitrogens with two attached hydrogens (primary N) is 1. The summed E-state index contributed by atoms with van der Waals surface area (Å²) >= 11 is 0. The number of aliphatic imine (C=N–C) groups is 1. The van der Waals surface area contributed by atoms with Gasteiger partial charge in [0.25, 0.3) is 16.1 Å². The average Bonchev–Trinajstić information content (AvgIpc) is 2.30. The van der Waals surface area contributed by atoms with Crippen molar-refractivity contribution in [2.24, 2.45) is 10.7 Å². The molecule has 0 saturated heterocycles.